The van der Waals surface area contributed by atoms with E-state index in [0.717, 1.165) is 0 Å². The number of carbonyl (C=O) groups excluding carboxylic acids is 1. The number of anilines is 1. The second kappa shape index (κ2) is 7.68. The van der Waals surface area contributed by atoms with E-state index in [1.165, 1.54) is 43.6 Å². The van der Waals surface area contributed by atoms with Gasteiger partial charge in [-0.3, -0.25) is 9.36 Å². The largest absolute Gasteiger partial charge is 0.481 e. The SMILES string of the molecule is COc1cc(OC)nc(Oc2ccc(N(C)C)nc2C(=O)n2ccnc2)n1. The van der Waals surface area contributed by atoms with Crippen LogP contribution in [0.3, 0.4) is 0 Å². The van der Waals surface area contributed by atoms with E-state index in [0.29, 0.717) is 5.82 Å². The molecule has 10 heteroatoms. The van der Waals surface area contributed by atoms with E-state index >= 15 is 0 Å². The van der Waals surface area contributed by atoms with Crippen LogP contribution < -0.4 is 19.1 Å². The predicted octanol–water partition coefficient (Wildman–Crippen LogP) is 1.63. The number of pyridine rings is 1. The molecule has 0 saturated heterocycles. The van der Waals surface area contributed by atoms with Crippen LogP contribution >= 0.6 is 0 Å². The maximum absolute atomic E-state index is 12.8. The van der Waals surface area contributed by atoms with E-state index in [-0.39, 0.29) is 29.2 Å². The highest BCUT2D eigenvalue weighted by atomic mass is 16.5. The molecule has 3 aromatic heterocycles. The number of hydrogen-bond donors (Lipinski definition) is 0. The van der Waals surface area contributed by atoms with Crippen LogP contribution in [0.4, 0.5) is 5.82 Å². The number of ether oxygens (including phenoxy) is 3. The van der Waals surface area contributed by atoms with E-state index in [9.17, 15) is 4.79 Å². The normalized spacial score (nSPS) is 10.4. The fourth-order valence-corrected chi connectivity index (χ4v) is 2.16. The maximum Gasteiger partial charge on any atom is 0.328 e. The molecule has 0 spiro atoms. The van der Waals surface area contributed by atoms with E-state index in [1.54, 1.807) is 17.0 Å². The molecule has 0 amide bonds. The summed E-state index contributed by atoms with van der Waals surface area (Å²) in [4.78, 5) is 31.1. The molecule has 0 unspecified atom stereocenters. The van der Waals surface area contributed by atoms with Crippen molar-refractivity contribution in [2.75, 3.05) is 33.2 Å². The molecule has 0 radical (unpaired) electrons. The van der Waals surface area contributed by atoms with Crippen molar-refractivity contribution in [1.82, 2.24) is 24.5 Å². The number of aromatic nitrogens is 5. The zero-order chi connectivity index (χ0) is 19.4. The van der Waals surface area contributed by atoms with Gasteiger partial charge in [0.2, 0.25) is 11.8 Å². The molecule has 3 heterocycles. The van der Waals surface area contributed by atoms with Gasteiger partial charge >= 0.3 is 6.01 Å². The Bertz CT molecular complexity index is 920. The van der Waals surface area contributed by atoms with Crippen molar-refractivity contribution < 1.29 is 19.0 Å². The standard InChI is InChI=1S/C17H18N6O4/c1-22(2)12-6-5-11(15(19-12)16(24)23-8-7-18-10-23)27-17-20-13(25-3)9-14(21-17)26-4/h5-10H,1-4H3. The average molecular weight is 370 g/mol. The molecule has 140 valence electrons. The molecule has 10 nitrogen and oxygen atoms in total. The molecule has 0 aromatic carbocycles. The van der Waals surface area contributed by atoms with Gasteiger partial charge in [0.05, 0.1) is 20.3 Å². The van der Waals surface area contributed by atoms with Gasteiger partial charge in [-0.1, -0.05) is 0 Å². The first-order valence-corrected chi connectivity index (χ1v) is 7.87. The van der Waals surface area contributed by atoms with Crippen molar-refractivity contribution in [3.8, 4) is 23.5 Å². The number of carbonyl (C=O) groups is 1. The van der Waals surface area contributed by atoms with Gasteiger partial charge in [-0.25, -0.2) is 9.97 Å². The Labute approximate surface area is 155 Å². The van der Waals surface area contributed by atoms with Crippen LogP contribution in [0.5, 0.6) is 23.5 Å². The van der Waals surface area contributed by atoms with Gasteiger partial charge in [0.1, 0.15) is 12.1 Å². The molecule has 0 fully saturated rings. The number of nitrogens with zero attached hydrogens (tertiary/aromatic N) is 6. The highest BCUT2D eigenvalue weighted by molar-refractivity contribution is 5.97. The number of methoxy groups -OCH3 is 2. The maximum atomic E-state index is 12.8. The molecule has 3 rings (SSSR count). The first-order valence-electron chi connectivity index (χ1n) is 7.87. The second-order valence-corrected chi connectivity index (χ2v) is 5.52. The average Bonchev–Trinajstić information content (AvgIpc) is 3.22. The minimum atomic E-state index is -0.402. The summed E-state index contributed by atoms with van der Waals surface area (Å²) in [5.41, 5.74) is 0.0876. The van der Waals surface area contributed by atoms with Crippen LogP contribution in [0.2, 0.25) is 0 Å². The molecular formula is C17H18N6O4. The molecule has 0 atom stereocenters. The fourth-order valence-electron chi connectivity index (χ4n) is 2.16. The molecule has 0 aliphatic rings. The first kappa shape index (κ1) is 18.1. The predicted molar refractivity (Wildman–Crippen MR) is 95.7 cm³/mol. The Balaban J connectivity index is 2.03. The minimum absolute atomic E-state index is 0.0368. The van der Waals surface area contributed by atoms with Crippen LogP contribution in [-0.4, -0.2) is 58.7 Å². The zero-order valence-electron chi connectivity index (χ0n) is 15.3. The van der Waals surface area contributed by atoms with E-state index < -0.39 is 5.91 Å². The molecule has 0 saturated carbocycles. The molecule has 3 aromatic rings. The third-order valence-electron chi connectivity index (χ3n) is 3.52. The van der Waals surface area contributed by atoms with Gasteiger partial charge in [-0.2, -0.15) is 9.97 Å². The fraction of sp³-hybridized carbons (Fsp3) is 0.235. The summed E-state index contributed by atoms with van der Waals surface area (Å²) in [5, 5.41) is 0. The number of rotatable bonds is 6. The van der Waals surface area contributed by atoms with Gasteiger partial charge in [0.25, 0.3) is 5.91 Å². The lowest BCUT2D eigenvalue weighted by Gasteiger charge is -2.15. The van der Waals surface area contributed by atoms with E-state index in [4.69, 9.17) is 14.2 Å². The Hall–Kier alpha value is -3.69. The lowest BCUT2D eigenvalue weighted by Crippen LogP contribution is -2.17. The van der Waals surface area contributed by atoms with Crippen molar-refractivity contribution in [1.29, 1.82) is 0 Å². The van der Waals surface area contributed by atoms with Crippen LogP contribution in [-0.2, 0) is 0 Å². The second-order valence-electron chi connectivity index (χ2n) is 5.52. The van der Waals surface area contributed by atoms with Crippen molar-refractivity contribution in [2.24, 2.45) is 0 Å². The summed E-state index contributed by atoms with van der Waals surface area (Å²) in [5.74, 6) is 0.903. The lowest BCUT2D eigenvalue weighted by molar-refractivity contribution is 0.0952. The van der Waals surface area contributed by atoms with Crippen molar-refractivity contribution >= 4 is 11.7 Å². The summed E-state index contributed by atoms with van der Waals surface area (Å²) in [6.45, 7) is 0. The van der Waals surface area contributed by atoms with Crippen molar-refractivity contribution in [2.45, 2.75) is 0 Å². The molecular weight excluding hydrogens is 352 g/mol. The monoisotopic (exact) mass is 370 g/mol. The Morgan fingerprint density at radius 1 is 1.07 bits per heavy atom. The van der Waals surface area contributed by atoms with E-state index in [1.807, 2.05) is 14.1 Å². The van der Waals surface area contributed by atoms with Crippen LogP contribution in [0, 0.1) is 0 Å². The summed E-state index contributed by atoms with van der Waals surface area (Å²) < 4.78 is 17.3. The Morgan fingerprint density at radius 3 is 2.33 bits per heavy atom. The van der Waals surface area contributed by atoms with Gasteiger partial charge in [-0.05, 0) is 12.1 Å². The highest BCUT2D eigenvalue weighted by Gasteiger charge is 2.20. The van der Waals surface area contributed by atoms with Crippen LogP contribution in [0.25, 0.3) is 0 Å². The third kappa shape index (κ3) is 3.94. The molecule has 27 heavy (non-hydrogen) atoms. The summed E-state index contributed by atoms with van der Waals surface area (Å²) in [7, 11) is 6.58. The first-order chi connectivity index (χ1) is 13.0. The Kier molecular flexibility index (Phi) is 5.15. The smallest absolute Gasteiger partial charge is 0.328 e. The summed E-state index contributed by atoms with van der Waals surface area (Å²) >= 11 is 0. The van der Waals surface area contributed by atoms with Crippen LogP contribution in [0.15, 0.2) is 36.9 Å². The van der Waals surface area contributed by atoms with E-state index in [2.05, 4.69) is 19.9 Å². The molecule has 0 aliphatic carbocycles. The van der Waals surface area contributed by atoms with Gasteiger partial charge in [0.15, 0.2) is 11.4 Å². The molecule has 0 bridgehead atoms. The van der Waals surface area contributed by atoms with Gasteiger partial charge < -0.3 is 19.1 Å². The summed E-state index contributed by atoms with van der Waals surface area (Å²) in [6, 6.07) is 4.82. The highest BCUT2D eigenvalue weighted by Crippen LogP contribution is 2.27. The zero-order valence-corrected chi connectivity index (χ0v) is 15.3. The Morgan fingerprint density at radius 2 is 1.78 bits per heavy atom. The number of hydrogen-bond acceptors (Lipinski definition) is 9. The third-order valence-corrected chi connectivity index (χ3v) is 3.52. The molecule has 0 aliphatic heterocycles. The summed E-state index contributed by atoms with van der Waals surface area (Å²) in [6.07, 6.45) is 4.42. The van der Waals surface area contributed by atoms with Gasteiger partial charge in [0, 0.05) is 26.5 Å². The van der Waals surface area contributed by atoms with Crippen LogP contribution in [0.1, 0.15) is 10.5 Å². The lowest BCUT2D eigenvalue weighted by atomic mass is 10.3. The number of imidazole rings is 1. The topological polar surface area (TPSA) is 104 Å². The van der Waals surface area contributed by atoms with Gasteiger partial charge in [-0.15, -0.1) is 0 Å². The minimum Gasteiger partial charge on any atom is -0.481 e. The van der Waals surface area contributed by atoms with Crippen molar-refractivity contribution in [3.05, 3.63) is 42.6 Å². The molecule has 0 N–H and O–H groups in total. The van der Waals surface area contributed by atoms with Crippen molar-refractivity contribution in [3.63, 3.8) is 0 Å². The quantitative estimate of drug-likeness (QED) is 0.640.